The molecular weight excluding hydrogens is 306 g/mol. The molecule has 6 nitrogen and oxygen atoms in total. The predicted octanol–water partition coefficient (Wildman–Crippen LogP) is 2.48. The molecule has 6 heteroatoms. The fourth-order valence-corrected chi connectivity index (χ4v) is 2.54. The Balaban J connectivity index is 1.80. The SMILES string of the molecule is CCOC(=O)/C=C/c1ccc(NC(=O)NC2CCN(C)CC2)cc1. The highest BCUT2D eigenvalue weighted by atomic mass is 16.5. The Morgan fingerprint density at radius 2 is 1.92 bits per heavy atom. The van der Waals surface area contributed by atoms with Gasteiger partial charge in [-0.05, 0) is 63.7 Å². The Morgan fingerprint density at radius 3 is 2.54 bits per heavy atom. The van der Waals surface area contributed by atoms with Gasteiger partial charge in [0.15, 0.2) is 0 Å². The standard InChI is InChI=1S/C18H25N3O3/c1-3-24-17(22)9-6-14-4-7-15(8-5-14)19-18(23)20-16-10-12-21(2)13-11-16/h4-9,16H,3,10-13H2,1-2H3,(H2,19,20,23)/b9-6+. The summed E-state index contributed by atoms with van der Waals surface area (Å²) in [6.07, 6.45) is 5.02. The van der Waals surface area contributed by atoms with Crippen molar-refractivity contribution >= 4 is 23.8 Å². The predicted molar refractivity (Wildman–Crippen MR) is 94.8 cm³/mol. The fraction of sp³-hybridized carbons (Fsp3) is 0.444. The maximum Gasteiger partial charge on any atom is 0.330 e. The van der Waals surface area contributed by atoms with Crippen molar-refractivity contribution in [1.82, 2.24) is 10.2 Å². The molecule has 1 aliphatic rings. The Labute approximate surface area is 142 Å². The van der Waals surface area contributed by atoms with Crippen LogP contribution in [0.4, 0.5) is 10.5 Å². The minimum atomic E-state index is -0.364. The summed E-state index contributed by atoms with van der Waals surface area (Å²) in [4.78, 5) is 25.5. The molecule has 24 heavy (non-hydrogen) atoms. The van der Waals surface area contributed by atoms with Crippen LogP contribution in [0.3, 0.4) is 0 Å². The average Bonchev–Trinajstić information content (AvgIpc) is 2.56. The molecule has 0 radical (unpaired) electrons. The molecule has 1 saturated heterocycles. The highest BCUT2D eigenvalue weighted by Gasteiger charge is 2.18. The summed E-state index contributed by atoms with van der Waals surface area (Å²) in [7, 11) is 2.09. The first-order valence-corrected chi connectivity index (χ1v) is 8.28. The van der Waals surface area contributed by atoms with Crippen molar-refractivity contribution in [3.63, 3.8) is 0 Å². The molecule has 1 fully saturated rings. The third kappa shape index (κ3) is 6.04. The van der Waals surface area contributed by atoms with Gasteiger partial charge in [0, 0.05) is 17.8 Å². The van der Waals surface area contributed by atoms with Gasteiger partial charge in [0.05, 0.1) is 6.61 Å². The van der Waals surface area contributed by atoms with E-state index in [4.69, 9.17) is 4.74 Å². The number of amides is 2. The molecule has 1 aliphatic heterocycles. The highest BCUT2D eigenvalue weighted by Crippen LogP contribution is 2.12. The number of nitrogens with one attached hydrogen (secondary N) is 2. The van der Waals surface area contributed by atoms with Crippen molar-refractivity contribution in [3.05, 3.63) is 35.9 Å². The molecule has 1 aromatic rings. The lowest BCUT2D eigenvalue weighted by molar-refractivity contribution is -0.137. The summed E-state index contributed by atoms with van der Waals surface area (Å²) in [5.74, 6) is -0.364. The summed E-state index contributed by atoms with van der Waals surface area (Å²) in [6, 6.07) is 7.33. The highest BCUT2D eigenvalue weighted by molar-refractivity contribution is 5.90. The number of esters is 1. The quantitative estimate of drug-likeness (QED) is 0.642. The van der Waals surface area contributed by atoms with E-state index in [1.54, 1.807) is 25.1 Å². The fourth-order valence-electron chi connectivity index (χ4n) is 2.54. The van der Waals surface area contributed by atoms with Crippen LogP contribution in [0.25, 0.3) is 6.08 Å². The van der Waals surface area contributed by atoms with Crippen LogP contribution in [0.5, 0.6) is 0 Å². The van der Waals surface area contributed by atoms with Gasteiger partial charge in [-0.15, -0.1) is 0 Å². The number of piperidine rings is 1. The Bertz CT molecular complexity index is 576. The maximum absolute atomic E-state index is 12.0. The third-order valence-electron chi connectivity index (χ3n) is 3.92. The van der Waals surface area contributed by atoms with Crippen molar-refractivity contribution in [2.75, 3.05) is 32.1 Å². The number of urea groups is 1. The van der Waals surface area contributed by atoms with Crippen molar-refractivity contribution in [2.24, 2.45) is 0 Å². The van der Waals surface area contributed by atoms with Gasteiger partial charge in [0.1, 0.15) is 0 Å². The molecular formula is C18H25N3O3. The van der Waals surface area contributed by atoms with E-state index in [1.807, 2.05) is 12.1 Å². The van der Waals surface area contributed by atoms with E-state index in [2.05, 4.69) is 22.6 Å². The monoisotopic (exact) mass is 331 g/mol. The van der Waals surface area contributed by atoms with Gasteiger partial charge in [-0.25, -0.2) is 9.59 Å². The van der Waals surface area contributed by atoms with E-state index in [0.29, 0.717) is 12.3 Å². The first-order chi connectivity index (χ1) is 11.6. The largest absolute Gasteiger partial charge is 0.463 e. The summed E-state index contributed by atoms with van der Waals surface area (Å²) in [5.41, 5.74) is 1.58. The summed E-state index contributed by atoms with van der Waals surface area (Å²) < 4.78 is 4.82. The van der Waals surface area contributed by atoms with E-state index in [9.17, 15) is 9.59 Å². The molecule has 0 aromatic heterocycles. The number of anilines is 1. The number of ether oxygens (including phenoxy) is 1. The zero-order chi connectivity index (χ0) is 17.4. The molecule has 0 atom stereocenters. The van der Waals surface area contributed by atoms with Crippen LogP contribution in [-0.2, 0) is 9.53 Å². The van der Waals surface area contributed by atoms with E-state index in [1.165, 1.54) is 6.08 Å². The molecule has 0 bridgehead atoms. The Morgan fingerprint density at radius 1 is 1.25 bits per heavy atom. The van der Waals surface area contributed by atoms with E-state index in [0.717, 1.165) is 31.5 Å². The van der Waals surface area contributed by atoms with Crippen LogP contribution in [0, 0.1) is 0 Å². The minimum Gasteiger partial charge on any atom is -0.463 e. The number of nitrogens with zero attached hydrogens (tertiary/aromatic N) is 1. The molecule has 2 amide bonds. The summed E-state index contributed by atoms with van der Waals surface area (Å²) in [6.45, 7) is 4.14. The lowest BCUT2D eigenvalue weighted by atomic mass is 10.1. The Hall–Kier alpha value is -2.34. The number of carbonyl (C=O) groups is 2. The zero-order valence-corrected chi connectivity index (χ0v) is 14.2. The second-order valence-electron chi connectivity index (χ2n) is 5.88. The van der Waals surface area contributed by atoms with Crippen molar-refractivity contribution in [3.8, 4) is 0 Å². The minimum absolute atomic E-state index is 0.181. The lowest BCUT2D eigenvalue weighted by Crippen LogP contribution is -2.44. The van der Waals surface area contributed by atoms with Gasteiger partial charge in [-0.3, -0.25) is 0 Å². The lowest BCUT2D eigenvalue weighted by Gasteiger charge is -2.29. The van der Waals surface area contributed by atoms with E-state index < -0.39 is 0 Å². The van der Waals surface area contributed by atoms with Gasteiger partial charge in [-0.1, -0.05) is 12.1 Å². The number of hydrogen-bond acceptors (Lipinski definition) is 4. The number of carbonyl (C=O) groups excluding carboxylic acids is 2. The van der Waals surface area contributed by atoms with E-state index >= 15 is 0 Å². The first-order valence-electron chi connectivity index (χ1n) is 8.28. The van der Waals surface area contributed by atoms with Gasteiger partial charge in [0.25, 0.3) is 0 Å². The Kier molecular flexibility index (Phi) is 6.81. The second-order valence-corrected chi connectivity index (χ2v) is 5.88. The molecule has 0 spiro atoms. The van der Waals surface area contributed by atoms with Gasteiger partial charge in [-0.2, -0.15) is 0 Å². The molecule has 0 unspecified atom stereocenters. The van der Waals surface area contributed by atoms with Crippen LogP contribution < -0.4 is 10.6 Å². The third-order valence-corrected chi connectivity index (χ3v) is 3.92. The van der Waals surface area contributed by atoms with Crippen molar-refractivity contribution < 1.29 is 14.3 Å². The zero-order valence-electron chi connectivity index (χ0n) is 14.2. The molecule has 0 saturated carbocycles. The number of benzene rings is 1. The molecule has 130 valence electrons. The molecule has 1 aromatic carbocycles. The molecule has 1 heterocycles. The average molecular weight is 331 g/mol. The molecule has 2 N–H and O–H groups in total. The number of rotatable bonds is 5. The van der Waals surface area contributed by atoms with Crippen molar-refractivity contribution in [1.29, 1.82) is 0 Å². The van der Waals surface area contributed by atoms with Crippen LogP contribution >= 0.6 is 0 Å². The van der Waals surface area contributed by atoms with Gasteiger partial charge < -0.3 is 20.3 Å². The number of hydrogen-bond donors (Lipinski definition) is 2. The van der Waals surface area contributed by atoms with Crippen LogP contribution in [-0.4, -0.2) is 49.7 Å². The normalized spacial score (nSPS) is 16.1. The maximum atomic E-state index is 12.0. The smallest absolute Gasteiger partial charge is 0.330 e. The molecule has 2 rings (SSSR count). The van der Waals surface area contributed by atoms with Gasteiger partial charge >= 0.3 is 12.0 Å². The van der Waals surface area contributed by atoms with E-state index in [-0.39, 0.29) is 18.0 Å². The second kappa shape index (κ2) is 9.08. The van der Waals surface area contributed by atoms with Crippen molar-refractivity contribution in [2.45, 2.75) is 25.8 Å². The van der Waals surface area contributed by atoms with Gasteiger partial charge in [0.2, 0.25) is 0 Å². The van der Waals surface area contributed by atoms with Crippen LogP contribution in [0.1, 0.15) is 25.3 Å². The van der Waals surface area contributed by atoms with Crippen LogP contribution in [0.2, 0.25) is 0 Å². The first kappa shape index (κ1) is 18.0. The number of likely N-dealkylation sites (tertiary alicyclic amines) is 1. The van der Waals surface area contributed by atoms with Crippen LogP contribution in [0.15, 0.2) is 30.3 Å². The molecule has 0 aliphatic carbocycles. The topological polar surface area (TPSA) is 70.7 Å². The summed E-state index contributed by atoms with van der Waals surface area (Å²) >= 11 is 0. The summed E-state index contributed by atoms with van der Waals surface area (Å²) in [5, 5.41) is 5.84.